The van der Waals surface area contributed by atoms with Crippen LogP contribution in [0.15, 0.2) is 39.9 Å². The molecule has 0 spiro atoms. The molecule has 0 unspecified atom stereocenters. The van der Waals surface area contributed by atoms with Crippen LogP contribution in [0.1, 0.15) is 51.0 Å². The number of rotatable bonds is 11. The van der Waals surface area contributed by atoms with E-state index in [1.807, 2.05) is 12.1 Å². The first kappa shape index (κ1) is 20.0. The summed E-state index contributed by atoms with van der Waals surface area (Å²) in [6.07, 6.45) is 8.74. The summed E-state index contributed by atoms with van der Waals surface area (Å²) in [4.78, 5) is 25.6. The molecule has 6 heteroatoms. The van der Waals surface area contributed by atoms with Gasteiger partial charge in [0.2, 0.25) is 0 Å². The molecule has 0 aliphatic heterocycles. The fraction of sp³-hybridized carbons (Fsp3) is 0.500. The summed E-state index contributed by atoms with van der Waals surface area (Å²) in [5.41, 5.74) is 1.08. The first-order valence-electron chi connectivity index (χ1n) is 9.45. The van der Waals surface area contributed by atoms with Crippen molar-refractivity contribution in [3.8, 4) is 0 Å². The Morgan fingerprint density at radius 3 is 2.42 bits per heavy atom. The van der Waals surface area contributed by atoms with Crippen molar-refractivity contribution in [1.29, 1.82) is 0 Å². The van der Waals surface area contributed by atoms with Gasteiger partial charge in [0.1, 0.15) is 5.82 Å². The Morgan fingerprint density at radius 2 is 1.73 bits per heavy atom. The molecule has 0 bridgehead atoms. The number of aryl methyl sites for hydroxylation is 1. The molecule has 2 aromatic rings. The molecule has 26 heavy (non-hydrogen) atoms. The number of H-pyrrole nitrogens is 1. The molecule has 2 rings (SSSR count). The van der Waals surface area contributed by atoms with E-state index in [-0.39, 0.29) is 13.2 Å². The van der Waals surface area contributed by atoms with E-state index in [0.717, 1.165) is 12.1 Å². The molecular formula is C20H29N3O3. The Morgan fingerprint density at radius 1 is 1.04 bits per heavy atom. The predicted molar refractivity (Wildman–Crippen MR) is 105 cm³/mol. The molecule has 6 nitrogen and oxygen atoms in total. The van der Waals surface area contributed by atoms with Crippen molar-refractivity contribution >= 4 is 11.5 Å². The van der Waals surface area contributed by atoms with Gasteiger partial charge in [0, 0.05) is 11.8 Å². The maximum absolute atomic E-state index is 11.9. The van der Waals surface area contributed by atoms with Crippen LogP contribution in [0.3, 0.4) is 0 Å². The van der Waals surface area contributed by atoms with Crippen LogP contribution in [0.4, 0.5) is 11.5 Å². The number of unbranched alkanes of at least 4 members (excludes halogenated alkanes) is 5. The van der Waals surface area contributed by atoms with Gasteiger partial charge in [-0.1, -0.05) is 51.2 Å². The minimum absolute atomic E-state index is 0.119. The molecule has 0 atom stereocenters. The number of aromatic amines is 1. The zero-order valence-electron chi connectivity index (χ0n) is 15.5. The molecular weight excluding hydrogens is 330 g/mol. The van der Waals surface area contributed by atoms with Crippen LogP contribution in [0.25, 0.3) is 0 Å². The van der Waals surface area contributed by atoms with Crippen LogP contribution in [0.5, 0.6) is 0 Å². The van der Waals surface area contributed by atoms with E-state index < -0.39 is 11.2 Å². The number of nitrogens with one attached hydrogen (secondary N) is 2. The van der Waals surface area contributed by atoms with Gasteiger partial charge in [-0.2, -0.15) is 0 Å². The van der Waals surface area contributed by atoms with Gasteiger partial charge in [-0.15, -0.1) is 0 Å². The van der Waals surface area contributed by atoms with E-state index in [9.17, 15) is 9.59 Å². The zero-order chi connectivity index (χ0) is 18.8. The zero-order valence-corrected chi connectivity index (χ0v) is 15.5. The van der Waals surface area contributed by atoms with Gasteiger partial charge in [0.25, 0.3) is 5.56 Å². The average molecular weight is 359 g/mol. The van der Waals surface area contributed by atoms with E-state index in [0.29, 0.717) is 5.82 Å². The van der Waals surface area contributed by atoms with Crippen molar-refractivity contribution in [2.24, 2.45) is 0 Å². The van der Waals surface area contributed by atoms with Gasteiger partial charge in [-0.05, 0) is 30.5 Å². The quantitative estimate of drug-likeness (QED) is 0.538. The lowest BCUT2D eigenvalue weighted by molar-refractivity contribution is 0.274. The van der Waals surface area contributed by atoms with Crippen LogP contribution in [-0.4, -0.2) is 21.3 Å². The molecule has 1 heterocycles. The second-order valence-corrected chi connectivity index (χ2v) is 6.54. The molecule has 1 aromatic carbocycles. The highest BCUT2D eigenvalue weighted by molar-refractivity contribution is 5.56. The number of anilines is 2. The molecule has 3 N–H and O–H groups in total. The Balaban J connectivity index is 1.95. The van der Waals surface area contributed by atoms with Crippen molar-refractivity contribution in [3.05, 3.63) is 56.7 Å². The number of aromatic nitrogens is 2. The summed E-state index contributed by atoms with van der Waals surface area (Å²) in [5.74, 6) is 0.372. The van der Waals surface area contributed by atoms with Gasteiger partial charge in [-0.3, -0.25) is 14.3 Å². The standard InChI is InChI=1S/C20H29N3O3/c1-2-3-4-5-6-7-8-16-9-11-17(12-10-16)21-18-15-19(25)22-20(26)23(18)13-14-24/h9-12,15,21,24H,2-8,13-14H2,1H3,(H,22,25,26). The number of hydrogen-bond donors (Lipinski definition) is 3. The van der Waals surface area contributed by atoms with Crippen LogP contribution >= 0.6 is 0 Å². The van der Waals surface area contributed by atoms with Crippen LogP contribution in [-0.2, 0) is 13.0 Å². The summed E-state index contributed by atoms with van der Waals surface area (Å²) in [5, 5.41) is 12.2. The maximum atomic E-state index is 11.9. The second-order valence-electron chi connectivity index (χ2n) is 6.54. The lowest BCUT2D eigenvalue weighted by Crippen LogP contribution is -2.31. The van der Waals surface area contributed by atoms with E-state index in [4.69, 9.17) is 5.11 Å². The largest absolute Gasteiger partial charge is 0.395 e. The SMILES string of the molecule is CCCCCCCCc1ccc(Nc2cc(=O)[nH]c(=O)n2CCO)cc1. The molecule has 1 aromatic heterocycles. The summed E-state index contributed by atoms with van der Waals surface area (Å²) < 4.78 is 1.31. The lowest BCUT2D eigenvalue weighted by atomic mass is 10.0. The van der Waals surface area contributed by atoms with Crippen LogP contribution in [0, 0.1) is 0 Å². The van der Waals surface area contributed by atoms with Crippen molar-refractivity contribution < 1.29 is 5.11 Å². The summed E-state index contributed by atoms with van der Waals surface area (Å²) in [7, 11) is 0. The predicted octanol–water partition coefficient (Wildman–Crippen LogP) is 3.18. The Bertz CT molecular complexity index is 778. The highest BCUT2D eigenvalue weighted by Gasteiger charge is 2.06. The highest BCUT2D eigenvalue weighted by Crippen LogP contribution is 2.17. The summed E-state index contributed by atoms with van der Waals surface area (Å²) in [6.45, 7) is 2.16. The van der Waals surface area contributed by atoms with Crippen molar-refractivity contribution in [3.63, 3.8) is 0 Å². The second kappa shape index (κ2) is 10.6. The summed E-state index contributed by atoms with van der Waals surface area (Å²) >= 11 is 0. The van der Waals surface area contributed by atoms with Gasteiger partial charge in [0.15, 0.2) is 0 Å². The molecule has 0 fully saturated rings. The molecule has 0 aliphatic carbocycles. The maximum Gasteiger partial charge on any atom is 0.329 e. The van der Waals surface area contributed by atoms with E-state index >= 15 is 0 Å². The van der Waals surface area contributed by atoms with Gasteiger partial charge >= 0.3 is 5.69 Å². The number of aliphatic hydroxyl groups is 1. The van der Waals surface area contributed by atoms with E-state index in [1.54, 1.807) is 0 Å². The van der Waals surface area contributed by atoms with Gasteiger partial charge in [-0.25, -0.2) is 4.79 Å². The number of nitrogens with zero attached hydrogens (tertiary/aromatic N) is 1. The minimum atomic E-state index is -0.534. The fourth-order valence-electron chi connectivity index (χ4n) is 2.96. The van der Waals surface area contributed by atoms with Crippen molar-refractivity contribution in [1.82, 2.24) is 9.55 Å². The summed E-state index contributed by atoms with van der Waals surface area (Å²) in [6, 6.07) is 9.34. The number of benzene rings is 1. The molecule has 142 valence electrons. The minimum Gasteiger partial charge on any atom is -0.395 e. The molecule has 0 radical (unpaired) electrons. The highest BCUT2D eigenvalue weighted by atomic mass is 16.3. The Labute approximate surface area is 153 Å². The van der Waals surface area contributed by atoms with Gasteiger partial charge in [0.05, 0.1) is 13.2 Å². The first-order chi connectivity index (χ1) is 12.6. The molecule has 0 aliphatic rings. The monoisotopic (exact) mass is 359 g/mol. The average Bonchev–Trinajstić information content (AvgIpc) is 2.62. The first-order valence-corrected chi connectivity index (χ1v) is 9.45. The van der Waals surface area contributed by atoms with Crippen LogP contribution < -0.4 is 16.6 Å². The normalized spacial score (nSPS) is 10.8. The number of aliphatic hydroxyl groups excluding tert-OH is 1. The third-order valence-corrected chi connectivity index (χ3v) is 4.40. The molecule has 0 saturated heterocycles. The van der Waals surface area contributed by atoms with Crippen molar-refractivity contribution in [2.45, 2.75) is 58.4 Å². The van der Waals surface area contributed by atoms with E-state index in [1.165, 1.54) is 54.7 Å². The topological polar surface area (TPSA) is 87.1 Å². The van der Waals surface area contributed by atoms with E-state index in [2.05, 4.69) is 29.4 Å². The van der Waals surface area contributed by atoms with Crippen LogP contribution in [0.2, 0.25) is 0 Å². The third kappa shape index (κ3) is 6.19. The molecule has 0 amide bonds. The van der Waals surface area contributed by atoms with Gasteiger partial charge < -0.3 is 10.4 Å². The Hall–Kier alpha value is -2.34. The van der Waals surface area contributed by atoms with Crippen molar-refractivity contribution in [2.75, 3.05) is 11.9 Å². The number of hydrogen-bond acceptors (Lipinski definition) is 4. The molecule has 0 saturated carbocycles. The fourth-order valence-corrected chi connectivity index (χ4v) is 2.96. The Kier molecular flexibility index (Phi) is 8.15. The smallest absolute Gasteiger partial charge is 0.329 e. The third-order valence-electron chi connectivity index (χ3n) is 4.40. The lowest BCUT2D eigenvalue weighted by Gasteiger charge is -2.13.